The first-order chi connectivity index (χ1) is 8.41. The highest BCUT2D eigenvalue weighted by Gasteiger charge is 2.34. The lowest BCUT2D eigenvalue weighted by molar-refractivity contribution is -0.141. The fourth-order valence-corrected chi connectivity index (χ4v) is 1.95. The second-order valence-corrected chi connectivity index (χ2v) is 5.47. The molecule has 3 unspecified atom stereocenters. The summed E-state index contributed by atoms with van der Waals surface area (Å²) in [6, 6.07) is -0.0583. The van der Waals surface area contributed by atoms with Crippen molar-refractivity contribution in [2.75, 3.05) is 20.1 Å². The van der Waals surface area contributed by atoms with Crippen molar-refractivity contribution in [3.05, 3.63) is 0 Å². The normalized spacial score (nSPS) is 23.3. The Bertz CT molecular complexity index is 307. The number of carboxylic acids is 1. The molecular formula is C13H24N2O3. The van der Waals surface area contributed by atoms with Crippen molar-refractivity contribution in [1.29, 1.82) is 0 Å². The number of carbonyl (C=O) groups is 2. The van der Waals surface area contributed by atoms with E-state index in [9.17, 15) is 9.59 Å². The summed E-state index contributed by atoms with van der Waals surface area (Å²) in [5, 5.41) is 11.5. The number of amides is 2. The van der Waals surface area contributed by atoms with E-state index in [0.717, 1.165) is 12.5 Å². The Kier molecular flexibility index (Phi) is 5.44. The summed E-state index contributed by atoms with van der Waals surface area (Å²) in [6.45, 7) is 5.24. The second kappa shape index (κ2) is 6.61. The summed E-state index contributed by atoms with van der Waals surface area (Å²) >= 11 is 0. The largest absolute Gasteiger partial charge is 0.481 e. The third kappa shape index (κ3) is 4.94. The highest BCUT2D eigenvalue weighted by Crippen LogP contribution is 2.37. The van der Waals surface area contributed by atoms with Gasteiger partial charge in [0.25, 0.3) is 0 Å². The predicted octanol–water partition coefficient (Wildman–Crippen LogP) is 1.78. The number of carboxylic acid groups (broad SMARTS) is 1. The summed E-state index contributed by atoms with van der Waals surface area (Å²) in [5.74, 6) is 0.289. The van der Waals surface area contributed by atoms with Gasteiger partial charge in [0.15, 0.2) is 0 Å². The molecule has 1 fully saturated rings. The molecule has 3 atom stereocenters. The molecule has 0 heterocycles. The standard InChI is InChI=1S/C13H24N2O3/c1-9(12(16)17)5-4-6-14-13(18)15(3)8-11-7-10(11)2/h9-11H,4-8H2,1-3H3,(H,14,18)(H,16,17). The zero-order valence-corrected chi connectivity index (χ0v) is 11.5. The Labute approximate surface area is 109 Å². The van der Waals surface area contributed by atoms with Crippen LogP contribution >= 0.6 is 0 Å². The van der Waals surface area contributed by atoms with Crippen LogP contribution in [0.2, 0.25) is 0 Å². The van der Waals surface area contributed by atoms with Crippen LogP contribution in [0.3, 0.4) is 0 Å². The molecule has 0 aromatic heterocycles. The minimum Gasteiger partial charge on any atom is -0.481 e. The Hall–Kier alpha value is -1.26. The van der Waals surface area contributed by atoms with Crippen molar-refractivity contribution in [1.82, 2.24) is 10.2 Å². The monoisotopic (exact) mass is 256 g/mol. The van der Waals surface area contributed by atoms with Gasteiger partial charge in [0, 0.05) is 20.1 Å². The zero-order valence-electron chi connectivity index (χ0n) is 11.5. The number of urea groups is 1. The molecule has 1 aliphatic rings. The molecular weight excluding hydrogens is 232 g/mol. The quantitative estimate of drug-likeness (QED) is 0.682. The molecule has 2 N–H and O–H groups in total. The van der Waals surface area contributed by atoms with Crippen LogP contribution < -0.4 is 5.32 Å². The Morgan fingerprint density at radius 2 is 2.11 bits per heavy atom. The Morgan fingerprint density at radius 3 is 2.61 bits per heavy atom. The van der Waals surface area contributed by atoms with Crippen LogP contribution in [0.1, 0.15) is 33.1 Å². The van der Waals surface area contributed by atoms with E-state index < -0.39 is 5.97 Å². The molecule has 2 amide bonds. The number of nitrogens with zero attached hydrogens (tertiary/aromatic N) is 1. The molecule has 5 nitrogen and oxygen atoms in total. The molecule has 1 rings (SSSR count). The molecule has 0 saturated heterocycles. The Balaban J connectivity index is 2.07. The summed E-state index contributed by atoms with van der Waals surface area (Å²) in [5.41, 5.74) is 0. The van der Waals surface area contributed by atoms with Crippen LogP contribution in [0.25, 0.3) is 0 Å². The number of aliphatic carboxylic acids is 1. The van der Waals surface area contributed by atoms with Crippen LogP contribution in [0.4, 0.5) is 4.79 Å². The molecule has 5 heteroatoms. The van der Waals surface area contributed by atoms with Crippen molar-refractivity contribution in [3.8, 4) is 0 Å². The average Bonchev–Trinajstić information content (AvgIpc) is 2.99. The summed E-state index contributed by atoms with van der Waals surface area (Å²) in [6.07, 6.45) is 2.51. The number of nitrogens with one attached hydrogen (secondary N) is 1. The van der Waals surface area contributed by atoms with Gasteiger partial charge < -0.3 is 15.3 Å². The van der Waals surface area contributed by atoms with Gasteiger partial charge in [0.1, 0.15) is 0 Å². The molecule has 1 aliphatic carbocycles. The molecule has 18 heavy (non-hydrogen) atoms. The van der Waals surface area contributed by atoms with Crippen molar-refractivity contribution in [2.45, 2.75) is 33.1 Å². The maximum atomic E-state index is 11.7. The van der Waals surface area contributed by atoms with Crippen LogP contribution in [0.5, 0.6) is 0 Å². The van der Waals surface area contributed by atoms with Gasteiger partial charge in [-0.2, -0.15) is 0 Å². The zero-order chi connectivity index (χ0) is 13.7. The van der Waals surface area contributed by atoms with Gasteiger partial charge in [-0.25, -0.2) is 4.79 Å². The van der Waals surface area contributed by atoms with Crippen LogP contribution in [0.15, 0.2) is 0 Å². The van der Waals surface area contributed by atoms with E-state index in [1.165, 1.54) is 6.42 Å². The number of carbonyl (C=O) groups excluding carboxylic acids is 1. The van der Waals surface area contributed by atoms with Crippen molar-refractivity contribution in [2.24, 2.45) is 17.8 Å². The maximum Gasteiger partial charge on any atom is 0.317 e. The Morgan fingerprint density at radius 1 is 1.50 bits per heavy atom. The van der Waals surface area contributed by atoms with Gasteiger partial charge in [-0.1, -0.05) is 13.8 Å². The third-order valence-electron chi connectivity index (χ3n) is 3.64. The molecule has 0 spiro atoms. The van der Waals surface area contributed by atoms with Crippen molar-refractivity contribution in [3.63, 3.8) is 0 Å². The summed E-state index contributed by atoms with van der Waals surface area (Å²) in [4.78, 5) is 24.0. The lowest BCUT2D eigenvalue weighted by Gasteiger charge is -2.18. The van der Waals surface area contributed by atoms with E-state index >= 15 is 0 Å². The van der Waals surface area contributed by atoms with Crippen LogP contribution in [-0.4, -0.2) is 42.1 Å². The first-order valence-electron chi connectivity index (χ1n) is 6.63. The van der Waals surface area contributed by atoms with Crippen molar-refractivity contribution >= 4 is 12.0 Å². The first-order valence-corrected chi connectivity index (χ1v) is 6.63. The molecule has 1 saturated carbocycles. The second-order valence-electron chi connectivity index (χ2n) is 5.47. The molecule has 0 radical (unpaired) electrons. The number of hydrogen-bond donors (Lipinski definition) is 2. The highest BCUT2D eigenvalue weighted by molar-refractivity contribution is 5.73. The fourth-order valence-electron chi connectivity index (χ4n) is 1.95. The highest BCUT2D eigenvalue weighted by atomic mass is 16.4. The molecule has 0 aromatic rings. The van der Waals surface area contributed by atoms with E-state index in [1.54, 1.807) is 18.9 Å². The van der Waals surface area contributed by atoms with Gasteiger partial charge in [-0.3, -0.25) is 4.79 Å². The number of hydrogen-bond acceptors (Lipinski definition) is 2. The van der Waals surface area contributed by atoms with Gasteiger partial charge in [0.05, 0.1) is 5.92 Å². The lowest BCUT2D eigenvalue weighted by atomic mass is 10.1. The van der Waals surface area contributed by atoms with Crippen LogP contribution in [0, 0.1) is 17.8 Å². The molecule has 0 aromatic carbocycles. The maximum absolute atomic E-state index is 11.7. The topological polar surface area (TPSA) is 69.6 Å². The van der Waals surface area contributed by atoms with E-state index in [0.29, 0.717) is 25.3 Å². The molecule has 0 bridgehead atoms. The SMILES string of the molecule is CC(CCCNC(=O)N(C)CC1CC1C)C(=O)O. The fraction of sp³-hybridized carbons (Fsp3) is 0.846. The minimum absolute atomic E-state index is 0.0583. The van der Waals surface area contributed by atoms with Gasteiger partial charge in [-0.05, 0) is 31.1 Å². The van der Waals surface area contributed by atoms with Gasteiger partial charge in [-0.15, -0.1) is 0 Å². The van der Waals surface area contributed by atoms with E-state index in [2.05, 4.69) is 12.2 Å². The van der Waals surface area contributed by atoms with E-state index in [4.69, 9.17) is 5.11 Å². The minimum atomic E-state index is -0.777. The lowest BCUT2D eigenvalue weighted by Crippen LogP contribution is -2.39. The van der Waals surface area contributed by atoms with E-state index in [1.807, 2.05) is 0 Å². The van der Waals surface area contributed by atoms with Crippen LogP contribution in [-0.2, 0) is 4.79 Å². The predicted molar refractivity (Wildman–Crippen MR) is 69.3 cm³/mol. The van der Waals surface area contributed by atoms with Gasteiger partial charge >= 0.3 is 12.0 Å². The molecule has 0 aliphatic heterocycles. The molecule has 104 valence electrons. The van der Waals surface area contributed by atoms with Crippen molar-refractivity contribution < 1.29 is 14.7 Å². The summed E-state index contributed by atoms with van der Waals surface area (Å²) in [7, 11) is 1.81. The smallest absolute Gasteiger partial charge is 0.317 e. The summed E-state index contributed by atoms with van der Waals surface area (Å²) < 4.78 is 0. The van der Waals surface area contributed by atoms with E-state index in [-0.39, 0.29) is 11.9 Å². The van der Waals surface area contributed by atoms with Gasteiger partial charge in [0.2, 0.25) is 0 Å². The number of rotatable bonds is 7. The average molecular weight is 256 g/mol. The first kappa shape index (κ1) is 14.8. The third-order valence-corrected chi connectivity index (χ3v) is 3.64.